The number of rotatable bonds is 8. The largest absolute Gasteiger partial charge is 0.465 e. The zero-order valence-corrected chi connectivity index (χ0v) is 16.5. The Morgan fingerprint density at radius 2 is 1.87 bits per heavy atom. The van der Waals surface area contributed by atoms with E-state index in [2.05, 4.69) is 0 Å². The first-order valence-electron chi connectivity index (χ1n) is 9.45. The average Bonchev–Trinajstić information content (AvgIpc) is 3.05. The number of hydrogen-bond acceptors (Lipinski definition) is 7. The zero-order valence-electron chi connectivity index (χ0n) is 16.5. The van der Waals surface area contributed by atoms with E-state index in [1.807, 2.05) is 5.32 Å². The minimum absolute atomic E-state index is 0.0786. The van der Waals surface area contributed by atoms with Crippen LogP contribution in [0.5, 0.6) is 11.5 Å². The molecular weight excluding hydrogens is 414 g/mol. The highest BCUT2D eigenvalue weighted by molar-refractivity contribution is 6.00. The van der Waals surface area contributed by atoms with Crippen LogP contribution < -0.4 is 15.8 Å². The number of alkyl carbamates (subject to hydrolysis) is 1. The standard InChI is InChI=1S/C21H20F2N2O6/c1-2-29-20(27)14(24)10-12-5-8-15(18(23)17(12)22)30-13-6-3-11(4-7-13)9-16-19(26)25-21(28)31-16/h3-8,14,16H,2,9-10,24H2,1H3,(H,25,26,28). The van der Waals surface area contributed by atoms with Gasteiger partial charge in [-0.15, -0.1) is 0 Å². The second-order valence-corrected chi connectivity index (χ2v) is 6.75. The Balaban J connectivity index is 1.65. The molecule has 1 aliphatic rings. The highest BCUT2D eigenvalue weighted by Crippen LogP contribution is 2.28. The number of imide groups is 1. The van der Waals surface area contributed by atoms with Crippen molar-refractivity contribution in [2.45, 2.75) is 31.9 Å². The molecule has 0 aromatic heterocycles. The molecule has 2 atom stereocenters. The number of halogens is 2. The van der Waals surface area contributed by atoms with Gasteiger partial charge in [0.25, 0.3) is 5.91 Å². The summed E-state index contributed by atoms with van der Waals surface area (Å²) in [6.07, 6.45) is -1.77. The molecular formula is C21H20F2N2O6. The molecule has 1 fully saturated rings. The lowest BCUT2D eigenvalue weighted by molar-refractivity contribution is -0.144. The molecule has 0 bridgehead atoms. The fraction of sp³-hybridized carbons (Fsp3) is 0.286. The number of esters is 1. The van der Waals surface area contributed by atoms with Crippen molar-refractivity contribution < 1.29 is 37.4 Å². The van der Waals surface area contributed by atoms with Crippen LogP contribution in [0.25, 0.3) is 0 Å². The molecule has 31 heavy (non-hydrogen) atoms. The first-order valence-corrected chi connectivity index (χ1v) is 9.45. The fourth-order valence-electron chi connectivity index (χ4n) is 2.94. The molecule has 0 aliphatic carbocycles. The number of carbonyl (C=O) groups is 3. The Morgan fingerprint density at radius 1 is 1.16 bits per heavy atom. The smallest absolute Gasteiger partial charge is 0.414 e. The maximum absolute atomic E-state index is 14.4. The van der Waals surface area contributed by atoms with Crippen LogP contribution in [0.4, 0.5) is 13.6 Å². The lowest BCUT2D eigenvalue weighted by atomic mass is 10.1. The molecule has 3 N–H and O–H groups in total. The lowest BCUT2D eigenvalue weighted by Gasteiger charge is -2.13. The molecule has 164 valence electrons. The molecule has 3 rings (SSSR count). The first kappa shape index (κ1) is 22.2. The third-order valence-corrected chi connectivity index (χ3v) is 4.50. The molecule has 0 spiro atoms. The molecule has 1 saturated heterocycles. The molecule has 1 heterocycles. The predicted octanol–water partition coefficient (Wildman–Crippen LogP) is 2.37. The van der Waals surface area contributed by atoms with Crippen LogP contribution in [0, 0.1) is 11.6 Å². The molecule has 8 nitrogen and oxygen atoms in total. The van der Waals surface area contributed by atoms with Gasteiger partial charge in [0, 0.05) is 12.8 Å². The molecule has 10 heteroatoms. The van der Waals surface area contributed by atoms with E-state index >= 15 is 0 Å². The fourth-order valence-corrected chi connectivity index (χ4v) is 2.94. The number of nitrogens with one attached hydrogen (secondary N) is 1. The molecule has 2 amide bonds. The molecule has 0 radical (unpaired) electrons. The summed E-state index contributed by atoms with van der Waals surface area (Å²) in [5, 5.41) is 2.04. The van der Waals surface area contributed by atoms with Gasteiger partial charge in [-0.3, -0.25) is 14.9 Å². The molecule has 2 aromatic carbocycles. The van der Waals surface area contributed by atoms with Crippen molar-refractivity contribution in [1.29, 1.82) is 0 Å². The summed E-state index contributed by atoms with van der Waals surface area (Å²) in [6, 6.07) is 7.63. The van der Waals surface area contributed by atoms with E-state index in [4.69, 9.17) is 19.9 Å². The third kappa shape index (κ3) is 5.34. The summed E-state index contributed by atoms with van der Waals surface area (Å²) in [4.78, 5) is 34.2. The summed E-state index contributed by atoms with van der Waals surface area (Å²) in [6.45, 7) is 1.75. The molecule has 2 unspecified atom stereocenters. The van der Waals surface area contributed by atoms with Gasteiger partial charge in [0.1, 0.15) is 11.8 Å². The lowest BCUT2D eigenvalue weighted by Crippen LogP contribution is -2.34. The summed E-state index contributed by atoms with van der Waals surface area (Å²) < 4.78 is 43.8. The number of nitrogens with two attached hydrogens (primary N) is 1. The summed E-state index contributed by atoms with van der Waals surface area (Å²) in [5.41, 5.74) is 6.26. The first-order chi connectivity index (χ1) is 14.8. The van der Waals surface area contributed by atoms with Crippen molar-refractivity contribution in [3.05, 3.63) is 59.2 Å². The highest BCUT2D eigenvalue weighted by Gasteiger charge is 2.32. The number of amides is 2. The summed E-state index contributed by atoms with van der Waals surface area (Å²) >= 11 is 0. The minimum Gasteiger partial charge on any atom is -0.465 e. The maximum Gasteiger partial charge on any atom is 0.414 e. The van der Waals surface area contributed by atoms with Crippen molar-refractivity contribution in [3.8, 4) is 11.5 Å². The normalized spacial score (nSPS) is 16.5. The van der Waals surface area contributed by atoms with Gasteiger partial charge in [-0.25, -0.2) is 9.18 Å². The van der Waals surface area contributed by atoms with E-state index < -0.39 is 41.7 Å². The minimum atomic E-state index is -1.22. The second-order valence-electron chi connectivity index (χ2n) is 6.75. The summed E-state index contributed by atoms with van der Waals surface area (Å²) in [7, 11) is 0. The van der Waals surface area contributed by atoms with E-state index in [0.717, 1.165) is 0 Å². The second kappa shape index (κ2) is 9.52. The molecule has 1 aliphatic heterocycles. The Morgan fingerprint density at radius 3 is 2.48 bits per heavy atom. The van der Waals surface area contributed by atoms with Gasteiger partial charge in [-0.1, -0.05) is 18.2 Å². The number of cyclic esters (lactones) is 1. The Kier molecular flexibility index (Phi) is 6.81. The van der Waals surface area contributed by atoms with Crippen molar-refractivity contribution in [2.24, 2.45) is 5.73 Å². The van der Waals surface area contributed by atoms with Crippen LogP contribution in [-0.4, -0.2) is 36.7 Å². The number of benzene rings is 2. The maximum atomic E-state index is 14.4. The van der Waals surface area contributed by atoms with Crippen LogP contribution in [0.3, 0.4) is 0 Å². The van der Waals surface area contributed by atoms with E-state index in [-0.39, 0.29) is 36.5 Å². The molecule has 2 aromatic rings. The van der Waals surface area contributed by atoms with Crippen molar-refractivity contribution >= 4 is 18.0 Å². The third-order valence-electron chi connectivity index (χ3n) is 4.50. The van der Waals surface area contributed by atoms with Crippen LogP contribution >= 0.6 is 0 Å². The van der Waals surface area contributed by atoms with Gasteiger partial charge < -0.3 is 19.9 Å². The van der Waals surface area contributed by atoms with Gasteiger partial charge in [0.15, 0.2) is 17.7 Å². The van der Waals surface area contributed by atoms with Crippen LogP contribution in [-0.2, 0) is 31.9 Å². The number of ether oxygens (including phenoxy) is 3. The van der Waals surface area contributed by atoms with Gasteiger partial charge in [-0.2, -0.15) is 4.39 Å². The monoisotopic (exact) mass is 434 g/mol. The van der Waals surface area contributed by atoms with Gasteiger partial charge in [0.05, 0.1) is 6.61 Å². The van der Waals surface area contributed by atoms with Crippen LogP contribution in [0.2, 0.25) is 0 Å². The predicted molar refractivity (Wildman–Crippen MR) is 103 cm³/mol. The molecule has 0 saturated carbocycles. The van der Waals surface area contributed by atoms with E-state index in [1.54, 1.807) is 19.1 Å². The zero-order chi connectivity index (χ0) is 22.5. The van der Waals surface area contributed by atoms with E-state index in [9.17, 15) is 23.2 Å². The van der Waals surface area contributed by atoms with Crippen LogP contribution in [0.1, 0.15) is 18.1 Å². The van der Waals surface area contributed by atoms with Gasteiger partial charge in [0.2, 0.25) is 5.82 Å². The highest BCUT2D eigenvalue weighted by atomic mass is 19.2. The number of carbonyl (C=O) groups excluding carboxylic acids is 3. The van der Waals surface area contributed by atoms with Gasteiger partial charge >= 0.3 is 12.1 Å². The summed E-state index contributed by atoms with van der Waals surface area (Å²) in [5.74, 6) is -3.72. The Bertz CT molecular complexity index is 996. The SMILES string of the molecule is CCOC(=O)C(N)Cc1ccc(Oc2ccc(CC3OC(=O)NC3=O)cc2)c(F)c1F. The average molecular weight is 434 g/mol. The van der Waals surface area contributed by atoms with Crippen molar-refractivity contribution in [2.75, 3.05) is 6.61 Å². The van der Waals surface area contributed by atoms with Crippen molar-refractivity contribution in [3.63, 3.8) is 0 Å². The Labute approximate surface area is 176 Å². The van der Waals surface area contributed by atoms with Crippen molar-refractivity contribution in [1.82, 2.24) is 5.32 Å². The quantitative estimate of drug-likeness (QED) is 0.613. The van der Waals surface area contributed by atoms with E-state index in [0.29, 0.717) is 5.56 Å². The van der Waals surface area contributed by atoms with E-state index in [1.165, 1.54) is 24.3 Å². The topological polar surface area (TPSA) is 117 Å². The van der Waals surface area contributed by atoms with Crippen LogP contribution in [0.15, 0.2) is 36.4 Å². The van der Waals surface area contributed by atoms with Gasteiger partial charge in [-0.05, 0) is 36.2 Å². The Hall–Kier alpha value is -3.53. The number of hydrogen-bond donors (Lipinski definition) is 2.